The van der Waals surface area contributed by atoms with Gasteiger partial charge in [-0.1, -0.05) is 18.2 Å². The maximum absolute atomic E-state index is 12.3. The van der Waals surface area contributed by atoms with Gasteiger partial charge < -0.3 is 15.4 Å². The molecule has 0 atom stereocenters. The molecule has 0 unspecified atom stereocenters. The summed E-state index contributed by atoms with van der Waals surface area (Å²) in [4.78, 5) is 12.3. The standard InChI is InChI=1S/C20H24N2O2S/c1-14-3-8-19(24-2)18(13-14)22-20(23)21-17-6-4-15(5-7-17)16-9-11-25-12-10-16/h3-8,13,16H,9-12H2,1-2H3,(H2,21,22,23). The smallest absolute Gasteiger partial charge is 0.323 e. The van der Waals surface area contributed by atoms with E-state index in [2.05, 4.69) is 22.8 Å². The Hall–Kier alpha value is -2.14. The zero-order valence-electron chi connectivity index (χ0n) is 14.7. The Labute approximate surface area is 153 Å². The number of ether oxygens (including phenoxy) is 1. The van der Waals surface area contributed by atoms with Crippen molar-refractivity contribution < 1.29 is 9.53 Å². The summed E-state index contributed by atoms with van der Waals surface area (Å²) in [5.41, 5.74) is 3.88. The number of benzene rings is 2. The highest BCUT2D eigenvalue weighted by atomic mass is 32.2. The van der Waals surface area contributed by atoms with Crippen molar-refractivity contribution >= 4 is 29.2 Å². The second kappa shape index (κ2) is 8.30. The molecule has 2 aromatic rings. The molecule has 2 N–H and O–H groups in total. The lowest BCUT2D eigenvalue weighted by Crippen LogP contribution is -2.20. The van der Waals surface area contributed by atoms with Crippen LogP contribution in [0.15, 0.2) is 42.5 Å². The van der Waals surface area contributed by atoms with Gasteiger partial charge in [-0.15, -0.1) is 0 Å². The van der Waals surface area contributed by atoms with E-state index in [-0.39, 0.29) is 6.03 Å². The minimum Gasteiger partial charge on any atom is -0.495 e. The summed E-state index contributed by atoms with van der Waals surface area (Å²) in [5, 5.41) is 5.73. The zero-order valence-corrected chi connectivity index (χ0v) is 15.5. The molecule has 1 aliphatic rings. The first-order valence-corrected chi connectivity index (χ1v) is 9.71. The van der Waals surface area contributed by atoms with Gasteiger partial charge in [-0.05, 0) is 72.6 Å². The first-order valence-electron chi connectivity index (χ1n) is 8.56. The van der Waals surface area contributed by atoms with E-state index >= 15 is 0 Å². The lowest BCUT2D eigenvalue weighted by Gasteiger charge is -2.21. The molecule has 1 aliphatic heterocycles. The van der Waals surface area contributed by atoms with Gasteiger partial charge in [-0.25, -0.2) is 4.79 Å². The Morgan fingerprint density at radius 1 is 1.08 bits per heavy atom. The fourth-order valence-corrected chi connectivity index (χ4v) is 4.18. The number of carbonyl (C=O) groups is 1. The van der Waals surface area contributed by atoms with Crippen LogP contribution in [0.2, 0.25) is 0 Å². The predicted molar refractivity (Wildman–Crippen MR) is 106 cm³/mol. The molecule has 5 heteroatoms. The van der Waals surface area contributed by atoms with Crippen molar-refractivity contribution in [3.05, 3.63) is 53.6 Å². The zero-order chi connectivity index (χ0) is 17.6. The summed E-state index contributed by atoms with van der Waals surface area (Å²) in [6, 6.07) is 13.6. The van der Waals surface area contributed by atoms with Crippen molar-refractivity contribution in [1.82, 2.24) is 0 Å². The summed E-state index contributed by atoms with van der Waals surface area (Å²) in [6.07, 6.45) is 2.48. The number of hydrogen-bond acceptors (Lipinski definition) is 3. The van der Waals surface area contributed by atoms with Crippen molar-refractivity contribution in [2.45, 2.75) is 25.7 Å². The van der Waals surface area contributed by atoms with Gasteiger partial charge in [0.15, 0.2) is 0 Å². The fraction of sp³-hybridized carbons (Fsp3) is 0.350. The predicted octanol–water partition coefficient (Wildman–Crippen LogP) is 5.26. The largest absolute Gasteiger partial charge is 0.495 e. The van der Waals surface area contributed by atoms with E-state index in [0.29, 0.717) is 17.4 Å². The van der Waals surface area contributed by atoms with Gasteiger partial charge in [0.1, 0.15) is 5.75 Å². The van der Waals surface area contributed by atoms with Crippen LogP contribution in [0.1, 0.15) is 29.9 Å². The third-order valence-corrected chi connectivity index (χ3v) is 5.51. The number of hydrogen-bond donors (Lipinski definition) is 2. The number of rotatable bonds is 4. The molecule has 1 saturated heterocycles. The number of amides is 2. The van der Waals surface area contributed by atoms with Crippen molar-refractivity contribution in [3.8, 4) is 5.75 Å². The Bertz CT molecular complexity index is 725. The monoisotopic (exact) mass is 356 g/mol. The summed E-state index contributed by atoms with van der Waals surface area (Å²) < 4.78 is 5.29. The second-order valence-electron chi connectivity index (χ2n) is 6.29. The minimum atomic E-state index is -0.272. The van der Waals surface area contributed by atoms with Crippen LogP contribution >= 0.6 is 11.8 Å². The van der Waals surface area contributed by atoms with Crippen molar-refractivity contribution in [2.75, 3.05) is 29.2 Å². The maximum Gasteiger partial charge on any atom is 0.323 e. The molecule has 0 aliphatic carbocycles. The van der Waals surface area contributed by atoms with Gasteiger partial charge >= 0.3 is 6.03 Å². The normalized spacial score (nSPS) is 14.8. The second-order valence-corrected chi connectivity index (χ2v) is 7.52. The third-order valence-electron chi connectivity index (χ3n) is 4.46. The lowest BCUT2D eigenvalue weighted by molar-refractivity contribution is 0.262. The quantitative estimate of drug-likeness (QED) is 0.786. The SMILES string of the molecule is COc1ccc(C)cc1NC(=O)Nc1ccc(C2CCSCC2)cc1. The topological polar surface area (TPSA) is 50.4 Å². The average molecular weight is 356 g/mol. The van der Waals surface area contributed by atoms with Gasteiger partial charge in [0.2, 0.25) is 0 Å². The number of thioether (sulfide) groups is 1. The van der Waals surface area contributed by atoms with Crippen LogP contribution in [-0.2, 0) is 0 Å². The number of carbonyl (C=O) groups excluding carboxylic acids is 1. The third kappa shape index (κ3) is 4.69. The summed E-state index contributed by atoms with van der Waals surface area (Å²) in [7, 11) is 1.59. The van der Waals surface area contributed by atoms with Gasteiger partial charge in [0.25, 0.3) is 0 Å². The molecular formula is C20H24N2O2S. The molecule has 0 saturated carbocycles. The van der Waals surface area contributed by atoms with Gasteiger partial charge in [0, 0.05) is 5.69 Å². The van der Waals surface area contributed by atoms with Crippen molar-refractivity contribution in [3.63, 3.8) is 0 Å². The molecule has 2 aromatic carbocycles. The Kier molecular flexibility index (Phi) is 5.87. The number of aryl methyl sites for hydroxylation is 1. The number of methoxy groups -OCH3 is 1. The minimum absolute atomic E-state index is 0.272. The maximum atomic E-state index is 12.3. The molecule has 2 amide bonds. The fourth-order valence-electron chi connectivity index (χ4n) is 3.07. The van der Waals surface area contributed by atoms with Crippen molar-refractivity contribution in [2.24, 2.45) is 0 Å². The number of anilines is 2. The van der Waals surface area contributed by atoms with Crippen LogP contribution in [0, 0.1) is 6.92 Å². The molecule has 1 heterocycles. The molecule has 0 radical (unpaired) electrons. The molecule has 4 nitrogen and oxygen atoms in total. The Morgan fingerprint density at radius 3 is 2.48 bits per heavy atom. The van der Waals surface area contributed by atoms with Gasteiger partial charge in [0.05, 0.1) is 12.8 Å². The molecule has 25 heavy (non-hydrogen) atoms. The molecule has 0 bridgehead atoms. The molecule has 1 fully saturated rings. The molecule has 3 rings (SSSR count). The highest BCUT2D eigenvalue weighted by Gasteiger charge is 2.15. The highest BCUT2D eigenvalue weighted by molar-refractivity contribution is 7.99. The number of nitrogens with one attached hydrogen (secondary N) is 2. The Morgan fingerprint density at radius 2 is 1.80 bits per heavy atom. The first kappa shape index (κ1) is 17.7. The summed E-state index contributed by atoms with van der Waals surface area (Å²) >= 11 is 2.03. The van der Waals surface area contributed by atoms with Crippen LogP contribution in [-0.4, -0.2) is 24.6 Å². The van der Waals surface area contributed by atoms with Crippen LogP contribution in [0.3, 0.4) is 0 Å². The van der Waals surface area contributed by atoms with E-state index in [0.717, 1.165) is 11.3 Å². The van der Waals surface area contributed by atoms with E-state index < -0.39 is 0 Å². The molecule has 132 valence electrons. The van der Waals surface area contributed by atoms with Crippen LogP contribution in [0.25, 0.3) is 0 Å². The number of urea groups is 1. The van der Waals surface area contributed by atoms with E-state index in [4.69, 9.17) is 4.74 Å². The Balaban J connectivity index is 1.62. The molecule has 0 aromatic heterocycles. The van der Waals surface area contributed by atoms with E-state index in [1.807, 2.05) is 49.0 Å². The summed E-state index contributed by atoms with van der Waals surface area (Å²) in [5.74, 6) is 3.78. The van der Waals surface area contributed by atoms with E-state index in [1.165, 1.54) is 29.9 Å². The van der Waals surface area contributed by atoms with Gasteiger partial charge in [-0.2, -0.15) is 11.8 Å². The average Bonchev–Trinajstić information content (AvgIpc) is 2.63. The summed E-state index contributed by atoms with van der Waals surface area (Å²) in [6.45, 7) is 1.98. The van der Waals surface area contributed by atoms with E-state index in [9.17, 15) is 4.79 Å². The van der Waals surface area contributed by atoms with Crippen molar-refractivity contribution in [1.29, 1.82) is 0 Å². The first-order chi connectivity index (χ1) is 12.2. The van der Waals surface area contributed by atoms with Crippen LogP contribution in [0.5, 0.6) is 5.75 Å². The lowest BCUT2D eigenvalue weighted by atomic mass is 9.93. The van der Waals surface area contributed by atoms with Crippen LogP contribution < -0.4 is 15.4 Å². The van der Waals surface area contributed by atoms with Crippen LogP contribution in [0.4, 0.5) is 16.2 Å². The van der Waals surface area contributed by atoms with E-state index in [1.54, 1.807) is 7.11 Å². The molecule has 0 spiro atoms. The molecular weight excluding hydrogens is 332 g/mol. The van der Waals surface area contributed by atoms with Gasteiger partial charge in [-0.3, -0.25) is 0 Å². The highest BCUT2D eigenvalue weighted by Crippen LogP contribution is 2.32.